The maximum absolute atomic E-state index is 13.4. The van der Waals surface area contributed by atoms with Crippen molar-refractivity contribution in [1.29, 1.82) is 0 Å². The van der Waals surface area contributed by atoms with Gasteiger partial charge >= 0.3 is 0 Å². The molecular formula is C16H14ClFO3. The van der Waals surface area contributed by atoms with Crippen molar-refractivity contribution >= 4 is 11.6 Å². The Morgan fingerprint density at radius 1 is 1.33 bits per heavy atom. The standard InChI is InChI=1S/C16H14ClFO3/c1-20-13-4-2-3-11(17)16(13)15-8-12(19)10-6-5-9(18)7-14(10)21-15/h2-7,12,15,19H,8H2,1H3/t12-,15?/m0/s1. The molecule has 0 aliphatic carbocycles. The molecule has 0 fully saturated rings. The Kier molecular flexibility index (Phi) is 3.74. The summed E-state index contributed by atoms with van der Waals surface area (Å²) in [5.74, 6) is 0.507. The van der Waals surface area contributed by atoms with Crippen LogP contribution in [-0.2, 0) is 0 Å². The minimum absolute atomic E-state index is 0.332. The Balaban J connectivity index is 2.03. The highest BCUT2D eigenvalue weighted by Crippen LogP contribution is 2.45. The fourth-order valence-corrected chi connectivity index (χ4v) is 2.89. The van der Waals surface area contributed by atoms with E-state index in [0.29, 0.717) is 34.1 Å². The van der Waals surface area contributed by atoms with Crippen LogP contribution >= 0.6 is 11.6 Å². The maximum atomic E-state index is 13.4. The second kappa shape index (κ2) is 5.54. The highest BCUT2D eigenvalue weighted by molar-refractivity contribution is 6.31. The molecule has 0 radical (unpaired) electrons. The monoisotopic (exact) mass is 308 g/mol. The molecule has 3 rings (SSSR count). The number of benzene rings is 2. The van der Waals surface area contributed by atoms with Crippen molar-refractivity contribution in [2.75, 3.05) is 7.11 Å². The predicted octanol–water partition coefficient (Wildman–Crippen LogP) is 4.04. The summed E-state index contributed by atoms with van der Waals surface area (Å²) >= 11 is 6.23. The van der Waals surface area contributed by atoms with Gasteiger partial charge in [0.05, 0.1) is 23.8 Å². The molecule has 21 heavy (non-hydrogen) atoms. The first-order valence-electron chi connectivity index (χ1n) is 6.56. The van der Waals surface area contributed by atoms with Gasteiger partial charge in [-0.2, -0.15) is 0 Å². The fraction of sp³-hybridized carbons (Fsp3) is 0.250. The number of hydrogen-bond acceptors (Lipinski definition) is 3. The molecular weight excluding hydrogens is 295 g/mol. The van der Waals surface area contributed by atoms with E-state index >= 15 is 0 Å². The molecule has 0 saturated carbocycles. The third kappa shape index (κ3) is 2.57. The zero-order valence-electron chi connectivity index (χ0n) is 11.3. The van der Waals surface area contributed by atoms with E-state index in [9.17, 15) is 9.50 Å². The van der Waals surface area contributed by atoms with Gasteiger partial charge in [-0.15, -0.1) is 0 Å². The van der Waals surface area contributed by atoms with Crippen LogP contribution in [0.2, 0.25) is 5.02 Å². The van der Waals surface area contributed by atoms with Gasteiger partial charge in [0.15, 0.2) is 0 Å². The van der Waals surface area contributed by atoms with Crippen LogP contribution in [0.5, 0.6) is 11.5 Å². The van der Waals surface area contributed by atoms with Gasteiger partial charge in [0.25, 0.3) is 0 Å². The van der Waals surface area contributed by atoms with Crippen LogP contribution < -0.4 is 9.47 Å². The number of rotatable bonds is 2. The van der Waals surface area contributed by atoms with Gasteiger partial charge < -0.3 is 14.6 Å². The molecule has 3 nitrogen and oxygen atoms in total. The number of fused-ring (bicyclic) bond motifs is 1. The minimum atomic E-state index is -0.736. The Bertz CT molecular complexity index is 675. The lowest BCUT2D eigenvalue weighted by molar-refractivity contribution is 0.0642. The zero-order chi connectivity index (χ0) is 15.0. The van der Waals surface area contributed by atoms with Crippen molar-refractivity contribution in [3.63, 3.8) is 0 Å². The van der Waals surface area contributed by atoms with Crippen LogP contribution in [0.4, 0.5) is 4.39 Å². The van der Waals surface area contributed by atoms with Crippen molar-refractivity contribution in [2.24, 2.45) is 0 Å². The molecule has 110 valence electrons. The first kappa shape index (κ1) is 14.2. The molecule has 0 bridgehead atoms. The van der Waals surface area contributed by atoms with Gasteiger partial charge in [-0.3, -0.25) is 0 Å². The number of hydrogen-bond donors (Lipinski definition) is 1. The molecule has 5 heteroatoms. The molecule has 0 spiro atoms. The highest BCUT2D eigenvalue weighted by Gasteiger charge is 2.31. The van der Waals surface area contributed by atoms with Crippen molar-refractivity contribution < 1.29 is 19.0 Å². The topological polar surface area (TPSA) is 38.7 Å². The van der Waals surface area contributed by atoms with Crippen LogP contribution in [0, 0.1) is 5.82 Å². The van der Waals surface area contributed by atoms with Gasteiger partial charge in [-0.05, 0) is 24.3 Å². The number of halogens is 2. The van der Waals surface area contributed by atoms with Gasteiger partial charge in [-0.25, -0.2) is 4.39 Å². The van der Waals surface area contributed by atoms with E-state index in [1.807, 2.05) is 0 Å². The van der Waals surface area contributed by atoms with E-state index < -0.39 is 18.0 Å². The van der Waals surface area contributed by atoms with Crippen molar-refractivity contribution in [3.05, 3.63) is 58.4 Å². The summed E-state index contributed by atoms with van der Waals surface area (Å²) in [5, 5.41) is 10.7. The highest BCUT2D eigenvalue weighted by atomic mass is 35.5. The van der Waals surface area contributed by atoms with Crippen LogP contribution in [0.15, 0.2) is 36.4 Å². The van der Waals surface area contributed by atoms with Crippen LogP contribution in [0.1, 0.15) is 29.8 Å². The summed E-state index contributed by atoms with van der Waals surface area (Å²) in [5.41, 5.74) is 1.24. The van der Waals surface area contributed by atoms with Gasteiger partial charge in [-0.1, -0.05) is 17.7 Å². The SMILES string of the molecule is COc1cccc(Cl)c1C1C[C@H](O)c2ccc(F)cc2O1. The zero-order valence-corrected chi connectivity index (χ0v) is 12.1. The quantitative estimate of drug-likeness (QED) is 0.910. The van der Waals surface area contributed by atoms with Crippen LogP contribution in [-0.4, -0.2) is 12.2 Å². The molecule has 1 unspecified atom stereocenters. The lowest BCUT2D eigenvalue weighted by Gasteiger charge is -2.31. The molecule has 1 aliphatic rings. The van der Waals surface area contributed by atoms with E-state index in [1.54, 1.807) is 25.3 Å². The summed E-state index contributed by atoms with van der Waals surface area (Å²) in [6.07, 6.45) is -0.892. The van der Waals surface area contributed by atoms with Crippen LogP contribution in [0.3, 0.4) is 0 Å². The van der Waals surface area contributed by atoms with E-state index in [2.05, 4.69) is 0 Å². The Labute approximate surface area is 126 Å². The summed E-state index contributed by atoms with van der Waals surface area (Å²) in [4.78, 5) is 0. The molecule has 1 aliphatic heterocycles. The van der Waals surface area contributed by atoms with Gasteiger partial charge in [0, 0.05) is 18.1 Å². The second-order valence-corrected chi connectivity index (χ2v) is 5.30. The molecule has 2 aromatic carbocycles. The molecule has 1 N–H and O–H groups in total. The molecule has 1 heterocycles. The number of aliphatic hydroxyl groups excluding tert-OH is 1. The maximum Gasteiger partial charge on any atom is 0.132 e. The first-order valence-corrected chi connectivity index (χ1v) is 6.94. The molecule has 0 aromatic heterocycles. The van der Waals surface area contributed by atoms with Crippen molar-refractivity contribution in [1.82, 2.24) is 0 Å². The van der Waals surface area contributed by atoms with Crippen LogP contribution in [0.25, 0.3) is 0 Å². The van der Waals surface area contributed by atoms with E-state index in [-0.39, 0.29) is 0 Å². The average Bonchev–Trinajstić information content (AvgIpc) is 2.46. The van der Waals surface area contributed by atoms with Gasteiger partial charge in [0.1, 0.15) is 23.4 Å². The van der Waals surface area contributed by atoms with E-state index in [0.717, 1.165) is 0 Å². The molecule has 2 aromatic rings. The lowest BCUT2D eigenvalue weighted by Crippen LogP contribution is -2.20. The normalized spacial score (nSPS) is 20.6. The molecule has 2 atom stereocenters. The average molecular weight is 309 g/mol. The lowest BCUT2D eigenvalue weighted by atomic mass is 9.94. The third-order valence-corrected chi connectivity index (χ3v) is 3.93. The number of aliphatic hydroxyl groups is 1. The summed E-state index contributed by atoms with van der Waals surface area (Å²) in [6.45, 7) is 0. The Hall–Kier alpha value is -1.78. The number of ether oxygens (including phenoxy) is 2. The second-order valence-electron chi connectivity index (χ2n) is 4.90. The summed E-state index contributed by atoms with van der Waals surface area (Å²) in [7, 11) is 1.54. The Morgan fingerprint density at radius 2 is 2.14 bits per heavy atom. The molecule has 0 saturated heterocycles. The number of methoxy groups -OCH3 is 1. The minimum Gasteiger partial charge on any atom is -0.496 e. The van der Waals surface area contributed by atoms with E-state index in [1.165, 1.54) is 18.2 Å². The summed E-state index contributed by atoms with van der Waals surface area (Å²) in [6, 6.07) is 9.40. The van der Waals surface area contributed by atoms with Crippen molar-refractivity contribution in [2.45, 2.75) is 18.6 Å². The van der Waals surface area contributed by atoms with Crippen molar-refractivity contribution in [3.8, 4) is 11.5 Å². The smallest absolute Gasteiger partial charge is 0.132 e. The van der Waals surface area contributed by atoms with Gasteiger partial charge in [0.2, 0.25) is 0 Å². The Morgan fingerprint density at radius 3 is 2.90 bits per heavy atom. The fourth-order valence-electron chi connectivity index (χ4n) is 2.60. The first-order chi connectivity index (χ1) is 10.1. The third-order valence-electron chi connectivity index (χ3n) is 3.60. The summed E-state index contributed by atoms with van der Waals surface area (Å²) < 4.78 is 24.5. The predicted molar refractivity (Wildman–Crippen MR) is 77.3 cm³/mol. The van der Waals surface area contributed by atoms with E-state index in [4.69, 9.17) is 21.1 Å². The largest absolute Gasteiger partial charge is 0.496 e. The molecule has 0 amide bonds.